The lowest BCUT2D eigenvalue weighted by Gasteiger charge is -2.22. The third-order valence-electron chi connectivity index (χ3n) is 3.90. The standard InChI is InChI=1S/C18H22BrN3O4.HI/c1-3-20-17(22-10-18(2,23)15-5-4-6-24-15)21-9-12-7-13(19)16-14(8-12)25-11-26-16;/h4-8,23H,3,9-11H2,1-2H3,(H2,20,21,22);1H. The lowest BCUT2D eigenvalue weighted by atomic mass is 10.0. The van der Waals surface area contributed by atoms with Gasteiger partial charge in [0.2, 0.25) is 6.79 Å². The number of hydrogen-bond donors (Lipinski definition) is 3. The zero-order chi connectivity index (χ0) is 18.6. The van der Waals surface area contributed by atoms with Gasteiger partial charge in [0.15, 0.2) is 17.5 Å². The number of benzene rings is 1. The number of hydrogen-bond acceptors (Lipinski definition) is 5. The van der Waals surface area contributed by atoms with E-state index in [-0.39, 0.29) is 37.3 Å². The largest absolute Gasteiger partial charge is 0.466 e. The molecule has 0 saturated heterocycles. The molecule has 1 atom stereocenters. The summed E-state index contributed by atoms with van der Waals surface area (Å²) in [4.78, 5) is 4.57. The quantitative estimate of drug-likeness (QED) is 0.290. The van der Waals surface area contributed by atoms with Crippen LogP contribution in [-0.2, 0) is 12.1 Å². The molecule has 1 aliphatic heterocycles. The van der Waals surface area contributed by atoms with Crippen LogP contribution in [0.2, 0.25) is 0 Å². The first kappa shape index (κ1) is 21.8. The van der Waals surface area contributed by atoms with Crippen LogP contribution in [0, 0.1) is 0 Å². The zero-order valence-corrected chi connectivity index (χ0v) is 19.0. The molecule has 7 nitrogen and oxygen atoms in total. The van der Waals surface area contributed by atoms with Gasteiger partial charge in [0.25, 0.3) is 0 Å². The van der Waals surface area contributed by atoms with Crippen LogP contribution in [0.4, 0.5) is 0 Å². The fourth-order valence-corrected chi connectivity index (χ4v) is 3.16. The van der Waals surface area contributed by atoms with Gasteiger partial charge in [-0.1, -0.05) is 0 Å². The maximum absolute atomic E-state index is 10.5. The highest BCUT2D eigenvalue weighted by molar-refractivity contribution is 14.0. The number of nitrogens with zero attached hydrogens (tertiary/aromatic N) is 1. The van der Waals surface area contributed by atoms with Crippen LogP contribution in [0.3, 0.4) is 0 Å². The first-order valence-corrected chi connectivity index (χ1v) is 9.15. The van der Waals surface area contributed by atoms with Crippen LogP contribution in [0.25, 0.3) is 0 Å². The van der Waals surface area contributed by atoms with Crippen LogP contribution in [0.1, 0.15) is 25.2 Å². The summed E-state index contributed by atoms with van der Waals surface area (Å²) < 4.78 is 17.0. The van der Waals surface area contributed by atoms with E-state index in [0.29, 0.717) is 30.6 Å². The number of nitrogens with one attached hydrogen (secondary N) is 2. The highest BCUT2D eigenvalue weighted by Gasteiger charge is 2.26. The number of ether oxygens (including phenoxy) is 2. The summed E-state index contributed by atoms with van der Waals surface area (Å²) in [5.74, 6) is 2.54. The molecule has 0 fully saturated rings. The summed E-state index contributed by atoms with van der Waals surface area (Å²) in [6.45, 7) is 5.33. The summed E-state index contributed by atoms with van der Waals surface area (Å²) in [6.07, 6.45) is 1.54. The van der Waals surface area contributed by atoms with Crippen molar-refractivity contribution >= 4 is 45.9 Å². The molecule has 2 aromatic rings. The Balaban J connectivity index is 0.00000261. The monoisotopic (exact) mass is 551 g/mol. The summed E-state index contributed by atoms with van der Waals surface area (Å²) in [5.41, 5.74) is -0.155. The van der Waals surface area contributed by atoms with E-state index in [0.717, 1.165) is 15.8 Å². The second-order valence-corrected chi connectivity index (χ2v) is 6.97. The SMILES string of the molecule is CCNC(=NCc1cc(Br)c2c(c1)OCO2)NCC(C)(O)c1ccco1.I. The van der Waals surface area contributed by atoms with Gasteiger partial charge in [-0.05, 0) is 59.6 Å². The van der Waals surface area contributed by atoms with Crippen molar-refractivity contribution in [1.82, 2.24) is 10.6 Å². The predicted octanol–water partition coefficient (Wildman–Crippen LogP) is 3.35. The molecule has 1 aromatic carbocycles. The van der Waals surface area contributed by atoms with Gasteiger partial charge in [0, 0.05) is 6.54 Å². The fraction of sp³-hybridized carbons (Fsp3) is 0.389. The molecule has 148 valence electrons. The number of rotatable bonds is 6. The average molecular weight is 552 g/mol. The highest BCUT2D eigenvalue weighted by Crippen LogP contribution is 2.40. The molecule has 1 unspecified atom stereocenters. The Bertz CT molecular complexity index is 781. The van der Waals surface area contributed by atoms with E-state index in [1.807, 2.05) is 19.1 Å². The Morgan fingerprint density at radius 1 is 1.33 bits per heavy atom. The van der Waals surface area contributed by atoms with Gasteiger partial charge >= 0.3 is 0 Å². The number of furan rings is 1. The van der Waals surface area contributed by atoms with Gasteiger partial charge in [-0.3, -0.25) is 0 Å². The Labute approximate surface area is 183 Å². The number of guanidine groups is 1. The van der Waals surface area contributed by atoms with Gasteiger partial charge in [0.05, 0.1) is 23.8 Å². The van der Waals surface area contributed by atoms with Crippen LogP contribution in [0.5, 0.6) is 11.5 Å². The summed E-state index contributed by atoms with van der Waals surface area (Å²) in [6, 6.07) is 7.37. The van der Waals surface area contributed by atoms with Crippen molar-refractivity contribution in [3.05, 3.63) is 46.3 Å². The number of fused-ring (bicyclic) bond motifs is 1. The van der Waals surface area contributed by atoms with Crippen molar-refractivity contribution in [1.29, 1.82) is 0 Å². The molecule has 27 heavy (non-hydrogen) atoms. The van der Waals surface area contributed by atoms with Gasteiger partial charge in [0.1, 0.15) is 11.4 Å². The number of aliphatic hydroxyl groups is 1. The van der Waals surface area contributed by atoms with E-state index in [1.165, 1.54) is 0 Å². The van der Waals surface area contributed by atoms with E-state index in [1.54, 1.807) is 25.3 Å². The molecular formula is C18H23BrIN3O4. The molecule has 1 aromatic heterocycles. The van der Waals surface area contributed by atoms with Gasteiger partial charge in [-0.25, -0.2) is 4.99 Å². The van der Waals surface area contributed by atoms with E-state index in [9.17, 15) is 5.11 Å². The van der Waals surface area contributed by atoms with Crippen molar-refractivity contribution in [3.8, 4) is 11.5 Å². The summed E-state index contributed by atoms with van der Waals surface area (Å²) in [7, 11) is 0. The molecule has 2 heterocycles. The van der Waals surface area contributed by atoms with E-state index < -0.39 is 5.60 Å². The van der Waals surface area contributed by atoms with E-state index >= 15 is 0 Å². The molecule has 3 rings (SSSR count). The molecule has 1 aliphatic rings. The van der Waals surface area contributed by atoms with Crippen molar-refractivity contribution in [2.45, 2.75) is 26.0 Å². The number of halogens is 2. The molecule has 0 amide bonds. The Morgan fingerprint density at radius 2 is 2.15 bits per heavy atom. The first-order valence-electron chi connectivity index (χ1n) is 8.36. The van der Waals surface area contributed by atoms with Crippen molar-refractivity contribution in [3.63, 3.8) is 0 Å². The van der Waals surface area contributed by atoms with Crippen molar-refractivity contribution in [2.24, 2.45) is 4.99 Å². The van der Waals surface area contributed by atoms with Gasteiger partial charge < -0.3 is 29.6 Å². The third kappa shape index (κ3) is 5.52. The van der Waals surface area contributed by atoms with Crippen LogP contribution < -0.4 is 20.1 Å². The molecule has 0 radical (unpaired) electrons. The topological polar surface area (TPSA) is 88.3 Å². The molecular weight excluding hydrogens is 529 g/mol. The second kappa shape index (κ2) is 9.65. The van der Waals surface area contributed by atoms with Crippen molar-refractivity contribution in [2.75, 3.05) is 19.9 Å². The molecule has 0 bridgehead atoms. The van der Waals surface area contributed by atoms with Gasteiger partial charge in [-0.2, -0.15) is 0 Å². The molecule has 0 aliphatic carbocycles. The fourth-order valence-electron chi connectivity index (χ4n) is 2.55. The van der Waals surface area contributed by atoms with Crippen LogP contribution in [-0.4, -0.2) is 30.9 Å². The maximum atomic E-state index is 10.5. The molecule has 0 spiro atoms. The predicted molar refractivity (Wildman–Crippen MR) is 117 cm³/mol. The van der Waals surface area contributed by atoms with Crippen LogP contribution >= 0.6 is 39.9 Å². The van der Waals surface area contributed by atoms with Crippen molar-refractivity contribution < 1.29 is 19.0 Å². The normalized spacial score (nSPS) is 15.0. The minimum atomic E-state index is -1.14. The Kier molecular flexibility index (Phi) is 7.80. The van der Waals surface area contributed by atoms with E-state index in [2.05, 4.69) is 31.6 Å². The molecule has 0 saturated carbocycles. The average Bonchev–Trinajstić information content (AvgIpc) is 3.29. The summed E-state index contributed by atoms with van der Waals surface area (Å²) in [5, 5.41) is 16.9. The maximum Gasteiger partial charge on any atom is 0.231 e. The minimum Gasteiger partial charge on any atom is -0.466 e. The van der Waals surface area contributed by atoms with Gasteiger partial charge in [-0.15, -0.1) is 24.0 Å². The molecule has 3 N–H and O–H groups in total. The highest BCUT2D eigenvalue weighted by atomic mass is 127. The minimum absolute atomic E-state index is 0. The van der Waals surface area contributed by atoms with Crippen LogP contribution in [0.15, 0.2) is 44.4 Å². The molecule has 9 heteroatoms. The summed E-state index contributed by atoms with van der Waals surface area (Å²) >= 11 is 3.49. The first-order chi connectivity index (χ1) is 12.5. The lowest BCUT2D eigenvalue weighted by molar-refractivity contribution is 0.0386. The third-order valence-corrected chi connectivity index (χ3v) is 4.49. The second-order valence-electron chi connectivity index (χ2n) is 6.11. The number of aliphatic imine (C=N–C) groups is 1. The smallest absolute Gasteiger partial charge is 0.231 e. The van der Waals surface area contributed by atoms with E-state index in [4.69, 9.17) is 13.9 Å². The zero-order valence-electron chi connectivity index (χ0n) is 15.1. The Morgan fingerprint density at radius 3 is 2.85 bits per heavy atom. The Hall–Kier alpha value is -1.46. The lowest BCUT2D eigenvalue weighted by Crippen LogP contribution is -2.44.